The number of esters is 1. The maximum Gasteiger partial charge on any atom is 0.348 e. The molecule has 0 N–H and O–H groups in total. The molecule has 1 atom stereocenters. The number of carbonyl (C=O) groups is 1. The second kappa shape index (κ2) is 69.5. The molecular formula is C118H163ClN14O5. The number of benzene rings is 6. The summed E-state index contributed by atoms with van der Waals surface area (Å²) in [4.78, 5) is 24.3. The molecule has 0 aliphatic heterocycles. The summed E-state index contributed by atoms with van der Waals surface area (Å²) >= 11 is 6.31. The standard InChI is InChI=1S/C29H46N2O2.C26H31N3O.C25H37N3O.C20H27N3O.C18H22ClN3/c1-8-11-13-25(10-3)21-31(15-14-22(4)5)28-18-23(6)26(17-24(28)7)19-27(20-30)29(32)33-16-12-9-2;1-5-7-9-21-10-12-24(13-11-21)29(14-8-6-2)25-15-20(3)23(17-26(25)30-4)16-22(18-27)19-28;1-5-8-9-15-29-16-14-28(24(10-6-2)11-7-3)25-13-12-23(21(4)17-25)18-22(19-26)20-27;1-14(2)12-23(13-15(3)4)19-7-16(5)18(9-20(19)24-6)8-17(10-21)11-22;1-13(2)11-22(12-14(3)4)17-6-5-16(18(19)8-17)7-15(9-20)10-21/h17-19,22,25H,8-16,21H2,1-7H3;10-13,15-17H,5-9,14H2,1-4H3;12-13,17-18,24H,5-11,14-16H2,1-4H3;7-9,14-15H,12-13H2,1-6H3;5-8,13-14H,11-12H2,1-4H3/b27-19-;;;;. The molecule has 0 saturated carbocycles. The summed E-state index contributed by atoms with van der Waals surface area (Å²) in [6, 6.07) is 50.9. The predicted octanol–water partition coefficient (Wildman–Crippen LogP) is 30.2. The number of nitriles is 9. The molecule has 138 heavy (non-hydrogen) atoms. The Morgan fingerprint density at radius 3 is 1.28 bits per heavy atom. The zero-order chi connectivity index (χ0) is 103. The Morgan fingerprint density at radius 1 is 0.370 bits per heavy atom. The second-order valence-electron chi connectivity index (χ2n) is 37.7. The van der Waals surface area contributed by atoms with Gasteiger partial charge in [-0.3, -0.25) is 0 Å². The van der Waals surface area contributed by atoms with Crippen LogP contribution in [0.4, 0.5) is 34.1 Å². The van der Waals surface area contributed by atoms with E-state index in [4.69, 9.17) is 72.6 Å². The van der Waals surface area contributed by atoms with E-state index in [9.17, 15) is 10.1 Å². The van der Waals surface area contributed by atoms with Crippen LogP contribution >= 0.6 is 11.6 Å². The van der Waals surface area contributed by atoms with Crippen LogP contribution in [-0.4, -0.2) is 98.4 Å². The lowest BCUT2D eigenvalue weighted by Gasteiger charge is -2.34. The number of hydrogen-bond donors (Lipinski definition) is 0. The fourth-order valence-electron chi connectivity index (χ4n) is 15.8. The van der Waals surface area contributed by atoms with Crippen molar-refractivity contribution in [3.05, 3.63) is 191 Å². The Labute approximate surface area is 838 Å². The van der Waals surface area contributed by atoms with E-state index < -0.39 is 5.97 Å². The average molecular weight is 1890 g/mol. The van der Waals surface area contributed by atoms with Crippen LogP contribution < -0.4 is 34.0 Å². The van der Waals surface area contributed by atoms with Gasteiger partial charge in [-0.25, -0.2) is 4.79 Å². The molecule has 19 nitrogen and oxygen atoms in total. The van der Waals surface area contributed by atoms with E-state index in [2.05, 4.69) is 217 Å². The third kappa shape index (κ3) is 44.9. The molecule has 6 aromatic carbocycles. The van der Waals surface area contributed by atoms with Crippen molar-refractivity contribution in [2.75, 3.05) is 111 Å². The van der Waals surface area contributed by atoms with Crippen molar-refractivity contribution in [1.82, 2.24) is 0 Å². The van der Waals surface area contributed by atoms with Gasteiger partial charge in [-0.2, -0.15) is 47.4 Å². The smallest absolute Gasteiger partial charge is 0.348 e. The third-order valence-corrected chi connectivity index (χ3v) is 23.7. The van der Waals surface area contributed by atoms with E-state index in [1.165, 1.54) is 79.9 Å². The zero-order valence-electron chi connectivity index (χ0n) is 88.6. The van der Waals surface area contributed by atoms with E-state index in [1.807, 2.05) is 119 Å². The second-order valence-corrected chi connectivity index (χ2v) is 38.1. The molecular weight excluding hydrogens is 1730 g/mol. The number of nitrogens with zero attached hydrogens (tertiary/aromatic N) is 14. The lowest BCUT2D eigenvalue weighted by molar-refractivity contribution is -0.138. The van der Waals surface area contributed by atoms with Crippen molar-refractivity contribution >= 4 is 82.1 Å². The van der Waals surface area contributed by atoms with E-state index in [1.54, 1.807) is 38.5 Å². The number of carbonyl (C=O) groups excluding carboxylic acids is 1. The van der Waals surface area contributed by atoms with Gasteiger partial charge >= 0.3 is 5.97 Å². The highest BCUT2D eigenvalue weighted by molar-refractivity contribution is 6.32. The number of methoxy groups -OCH3 is 2. The summed E-state index contributed by atoms with van der Waals surface area (Å²) in [6.07, 6.45) is 29.9. The first kappa shape index (κ1) is 122. The minimum Gasteiger partial charge on any atom is -0.495 e. The molecule has 0 fully saturated rings. The molecule has 6 rings (SSSR count). The summed E-state index contributed by atoms with van der Waals surface area (Å²) in [5.41, 5.74) is 18.0. The monoisotopic (exact) mass is 1890 g/mol. The maximum atomic E-state index is 12.3. The van der Waals surface area contributed by atoms with Crippen LogP contribution in [0.3, 0.4) is 0 Å². The lowest BCUT2D eigenvalue weighted by Crippen LogP contribution is -2.38. The minimum atomic E-state index is -0.535. The third-order valence-electron chi connectivity index (χ3n) is 23.4. The highest BCUT2D eigenvalue weighted by atomic mass is 35.5. The first-order chi connectivity index (χ1) is 66.1. The van der Waals surface area contributed by atoms with E-state index >= 15 is 0 Å². The Hall–Kier alpha value is -12.3. The fraction of sp³-hybridized carbons (Fsp3) is 0.525. The van der Waals surface area contributed by atoms with Crippen LogP contribution in [0.1, 0.15) is 301 Å². The van der Waals surface area contributed by atoms with Crippen molar-refractivity contribution in [3.63, 3.8) is 0 Å². The topological polar surface area (TPSA) is 284 Å². The van der Waals surface area contributed by atoms with Crippen LogP contribution in [0.2, 0.25) is 5.02 Å². The van der Waals surface area contributed by atoms with Crippen LogP contribution in [0.5, 0.6) is 11.5 Å². The van der Waals surface area contributed by atoms with Gasteiger partial charge in [0.1, 0.15) is 94.0 Å². The van der Waals surface area contributed by atoms with Gasteiger partial charge in [-0.05, 0) is 292 Å². The predicted molar refractivity (Wildman–Crippen MR) is 577 cm³/mol. The molecule has 0 radical (unpaired) electrons. The number of aryl methyl sites for hydroxylation is 6. The largest absolute Gasteiger partial charge is 0.495 e. The number of ether oxygens (including phenoxy) is 4. The number of rotatable bonds is 52. The van der Waals surface area contributed by atoms with Gasteiger partial charge in [-0.15, -0.1) is 0 Å². The fourth-order valence-corrected chi connectivity index (χ4v) is 16.1. The van der Waals surface area contributed by atoms with Crippen LogP contribution in [0.15, 0.2) is 125 Å². The maximum absolute atomic E-state index is 12.3. The highest BCUT2D eigenvalue weighted by Crippen LogP contribution is 2.40. The van der Waals surface area contributed by atoms with Crippen molar-refractivity contribution in [2.45, 2.75) is 287 Å². The molecule has 1 unspecified atom stereocenters. The van der Waals surface area contributed by atoms with Gasteiger partial charge in [0.25, 0.3) is 0 Å². The molecule has 0 spiro atoms. The van der Waals surface area contributed by atoms with Gasteiger partial charge in [0.05, 0.1) is 38.8 Å². The van der Waals surface area contributed by atoms with Gasteiger partial charge in [-0.1, -0.05) is 225 Å². The number of halogens is 1. The molecule has 0 bridgehead atoms. The van der Waals surface area contributed by atoms with Crippen molar-refractivity contribution in [1.29, 1.82) is 47.4 Å². The first-order valence-electron chi connectivity index (χ1n) is 50.3. The van der Waals surface area contributed by atoms with Gasteiger partial charge < -0.3 is 43.4 Å². The Balaban J connectivity index is 0.000000587. The molecule has 0 aromatic heterocycles. The first-order valence-corrected chi connectivity index (χ1v) is 50.7. The van der Waals surface area contributed by atoms with Gasteiger partial charge in [0.15, 0.2) is 0 Å². The van der Waals surface area contributed by atoms with Crippen molar-refractivity contribution in [3.8, 4) is 66.1 Å². The van der Waals surface area contributed by atoms with Crippen molar-refractivity contribution in [2.24, 2.45) is 35.5 Å². The quantitative estimate of drug-likeness (QED) is 0.0148. The van der Waals surface area contributed by atoms with E-state index in [-0.39, 0.29) is 27.9 Å². The summed E-state index contributed by atoms with van der Waals surface area (Å²) < 4.78 is 22.5. The lowest BCUT2D eigenvalue weighted by atomic mass is 9.96. The zero-order valence-corrected chi connectivity index (χ0v) is 89.3. The van der Waals surface area contributed by atoms with E-state index in [0.717, 1.165) is 215 Å². The summed E-state index contributed by atoms with van der Waals surface area (Å²) in [5.74, 6) is 4.50. The average Bonchev–Trinajstić information content (AvgIpc) is 0.793. The summed E-state index contributed by atoms with van der Waals surface area (Å²) in [6.45, 7) is 59.7. The Bertz CT molecular complexity index is 5170. The number of allylic oxidation sites excluding steroid dienone is 4. The summed E-state index contributed by atoms with van der Waals surface area (Å²) in [7, 11) is 3.31. The number of hydrogen-bond acceptors (Lipinski definition) is 19. The normalized spacial score (nSPS) is 10.8. The summed E-state index contributed by atoms with van der Waals surface area (Å²) in [5, 5.41) is 81.9. The molecule has 0 aliphatic carbocycles. The molecule has 0 amide bonds. The highest BCUT2D eigenvalue weighted by Gasteiger charge is 2.24. The molecule has 742 valence electrons. The number of anilines is 6. The van der Waals surface area contributed by atoms with Crippen LogP contribution in [0, 0.1) is 172 Å². The van der Waals surface area contributed by atoms with Gasteiger partial charge in [0, 0.05) is 92.8 Å². The van der Waals surface area contributed by atoms with Crippen LogP contribution in [0.25, 0.3) is 30.4 Å². The minimum absolute atomic E-state index is 0.0517. The SMILES string of the molecule is CC(C)CN(CC(C)C)c1ccc(C=C(C#N)C#N)c(Cl)c1.CCCCCOCCN(c1ccc(C=C(C#N)C#N)c(C)c1)C(CCC)CCC.CCCCOC(=O)/C(C#N)=C\c1cc(C)c(N(CCC(C)C)CC(CC)CCCC)cc1C.CCCCc1ccc(N(CCCC)c2cc(C)c(C=C(C#N)C#N)cc2OC)cc1.COc1cc(C=C(C#N)C#N)c(C)cc1N(CC(C)C)CC(C)C. The molecule has 20 heteroatoms. The van der Waals surface area contributed by atoms with Crippen molar-refractivity contribution < 1.29 is 23.7 Å². The Morgan fingerprint density at radius 2 is 0.819 bits per heavy atom. The molecule has 6 aromatic rings. The van der Waals surface area contributed by atoms with Crippen LogP contribution in [-0.2, 0) is 20.7 Å². The van der Waals surface area contributed by atoms with Gasteiger partial charge in [0.2, 0.25) is 0 Å². The molecule has 0 aliphatic rings. The Kier molecular flexibility index (Phi) is 61.4. The molecule has 0 heterocycles. The van der Waals surface area contributed by atoms with E-state index in [0.29, 0.717) is 58.7 Å². The molecule has 0 saturated heterocycles. The number of unbranched alkanes of at least 4 members (excludes halogenated alkanes) is 6.